The molecule has 0 aliphatic heterocycles. The van der Waals surface area contributed by atoms with Crippen LogP contribution in [0.1, 0.15) is 5.56 Å². The molecule has 8 nitrogen and oxygen atoms in total. The van der Waals surface area contributed by atoms with E-state index in [4.69, 9.17) is 9.47 Å². The van der Waals surface area contributed by atoms with E-state index in [0.29, 0.717) is 22.8 Å². The highest BCUT2D eigenvalue weighted by atomic mass is 16.6. The summed E-state index contributed by atoms with van der Waals surface area (Å²) in [4.78, 5) is 10.3. The largest absolute Gasteiger partial charge is 0.507 e. The summed E-state index contributed by atoms with van der Waals surface area (Å²) in [7, 11) is 1.60. The molecule has 0 unspecified atom stereocenters. The SMILES string of the molecule is COc1ccccc1-c1cn[nH]c1-c1ccc(OCc2ccc([N+](=O)[O-])cc2)cc1O. The number of benzene rings is 3. The van der Waals surface area contributed by atoms with E-state index in [1.54, 1.807) is 37.6 Å². The minimum absolute atomic E-state index is 0.0242. The first-order valence-corrected chi connectivity index (χ1v) is 9.43. The second-order valence-corrected chi connectivity index (χ2v) is 6.75. The van der Waals surface area contributed by atoms with Crippen molar-refractivity contribution in [3.8, 4) is 39.6 Å². The van der Waals surface area contributed by atoms with Crippen molar-refractivity contribution in [2.75, 3.05) is 7.11 Å². The summed E-state index contributed by atoms with van der Waals surface area (Å²) in [5.74, 6) is 1.20. The van der Waals surface area contributed by atoms with Crippen molar-refractivity contribution in [3.05, 3.63) is 88.6 Å². The van der Waals surface area contributed by atoms with Crippen LogP contribution < -0.4 is 9.47 Å². The number of non-ortho nitro benzene ring substituents is 1. The minimum atomic E-state index is -0.448. The number of aromatic nitrogens is 2. The van der Waals surface area contributed by atoms with E-state index in [2.05, 4.69) is 10.2 Å². The number of phenolic OH excluding ortho intramolecular Hbond substituents is 1. The topological polar surface area (TPSA) is 111 Å². The number of nitro benzene ring substituents is 1. The van der Waals surface area contributed by atoms with Crippen molar-refractivity contribution in [1.82, 2.24) is 10.2 Å². The maximum Gasteiger partial charge on any atom is 0.269 e. The van der Waals surface area contributed by atoms with Crippen molar-refractivity contribution >= 4 is 5.69 Å². The van der Waals surface area contributed by atoms with Crippen molar-refractivity contribution in [2.24, 2.45) is 0 Å². The average Bonchev–Trinajstić information content (AvgIpc) is 3.27. The van der Waals surface area contributed by atoms with Crippen LogP contribution in [0.15, 0.2) is 72.9 Å². The third-order valence-electron chi connectivity index (χ3n) is 4.83. The van der Waals surface area contributed by atoms with Crippen LogP contribution in [0.5, 0.6) is 17.2 Å². The van der Waals surface area contributed by atoms with Gasteiger partial charge in [-0.3, -0.25) is 15.2 Å². The maximum absolute atomic E-state index is 10.7. The van der Waals surface area contributed by atoms with Crippen molar-refractivity contribution in [3.63, 3.8) is 0 Å². The molecule has 0 radical (unpaired) electrons. The Morgan fingerprint density at radius 3 is 2.52 bits per heavy atom. The van der Waals surface area contributed by atoms with Crippen LogP contribution in [-0.4, -0.2) is 27.3 Å². The molecule has 0 saturated carbocycles. The molecule has 0 atom stereocenters. The number of nitrogens with one attached hydrogen (secondary N) is 1. The van der Waals surface area contributed by atoms with Gasteiger partial charge in [0.1, 0.15) is 23.9 Å². The molecule has 3 aromatic carbocycles. The molecule has 1 aromatic heterocycles. The first-order valence-electron chi connectivity index (χ1n) is 9.43. The van der Waals surface area contributed by atoms with Gasteiger partial charge in [-0.1, -0.05) is 18.2 Å². The molecule has 31 heavy (non-hydrogen) atoms. The highest BCUT2D eigenvalue weighted by molar-refractivity contribution is 5.85. The second-order valence-electron chi connectivity index (χ2n) is 6.75. The van der Waals surface area contributed by atoms with Gasteiger partial charge >= 0.3 is 0 Å². The second kappa shape index (κ2) is 8.58. The fraction of sp³-hybridized carbons (Fsp3) is 0.0870. The van der Waals surface area contributed by atoms with E-state index < -0.39 is 4.92 Å². The van der Waals surface area contributed by atoms with Crippen LogP contribution in [0.2, 0.25) is 0 Å². The van der Waals surface area contributed by atoms with E-state index in [1.807, 2.05) is 24.3 Å². The average molecular weight is 417 g/mol. The number of nitrogens with zero attached hydrogens (tertiary/aromatic N) is 2. The molecule has 0 spiro atoms. The molecule has 4 aromatic rings. The predicted octanol–water partition coefficient (Wildman–Crippen LogP) is 4.95. The number of aromatic amines is 1. The number of methoxy groups -OCH3 is 1. The molecule has 156 valence electrons. The first-order chi connectivity index (χ1) is 15.1. The smallest absolute Gasteiger partial charge is 0.269 e. The molecule has 1 heterocycles. The summed E-state index contributed by atoms with van der Waals surface area (Å²) in [6.45, 7) is 0.216. The van der Waals surface area contributed by atoms with Crippen LogP contribution in [0.4, 0.5) is 5.69 Å². The van der Waals surface area contributed by atoms with Gasteiger partial charge in [0.2, 0.25) is 0 Å². The van der Waals surface area contributed by atoms with Gasteiger partial charge in [0.15, 0.2) is 0 Å². The molecule has 4 rings (SSSR count). The molecular weight excluding hydrogens is 398 g/mol. The number of hydrogen-bond acceptors (Lipinski definition) is 6. The number of nitro groups is 1. The van der Waals surface area contributed by atoms with Gasteiger partial charge < -0.3 is 14.6 Å². The van der Waals surface area contributed by atoms with E-state index >= 15 is 0 Å². The summed E-state index contributed by atoms with van der Waals surface area (Å²) < 4.78 is 11.2. The Morgan fingerprint density at radius 1 is 1.03 bits per heavy atom. The lowest BCUT2D eigenvalue weighted by Crippen LogP contribution is -1.96. The summed E-state index contributed by atoms with van der Waals surface area (Å²) in [6.07, 6.45) is 1.69. The van der Waals surface area contributed by atoms with Gasteiger partial charge in [0.05, 0.1) is 23.9 Å². The monoisotopic (exact) mass is 417 g/mol. The molecule has 0 aliphatic rings. The fourth-order valence-corrected chi connectivity index (χ4v) is 3.26. The van der Waals surface area contributed by atoms with Crippen molar-refractivity contribution in [2.45, 2.75) is 6.61 Å². The molecule has 0 saturated heterocycles. The maximum atomic E-state index is 10.7. The first kappa shape index (κ1) is 20.0. The Morgan fingerprint density at radius 2 is 1.81 bits per heavy atom. The summed E-state index contributed by atoms with van der Waals surface area (Å²) in [6, 6.07) is 18.7. The molecule has 0 amide bonds. The number of H-pyrrole nitrogens is 1. The lowest BCUT2D eigenvalue weighted by molar-refractivity contribution is -0.384. The number of ether oxygens (including phenoxy) is 2. The molecule has 2 N–H and O–H groups in total. The van der Waals surface area contributed by atoms with Gasteiger partial charge in [-0.05, 0) is 35.9 Å². The van der Waals surface area contributed by atoms with Gasteiger partial charge in [-0.25, -0.2) is 0 Å². The predicted molar refractivity (Wildman–Crippen MR) is 115 cm³/mol. The van der Waals surface area contributed by atoms with E-state index in [0.717, 1.165) is 16.7 Å². The number of hydrogen-bond donors (Lipinski definition) is 2. The number of aromatic hydroxyl groups is 1. The molecule has 0 bridgehead atoms. The van der Waals surface area contributed by atoms with Crippen LogP contribution in [0.25, 0.3) is 22.4 Å². The van der Waals surface area contributed by atoms with Gasteiger partial charge in [0, 0.05) is 34.9 Å². The Hall–Kier alpha value is -4.33. The highest BCUT2D eigenvalue weighted by Gasteiger charge is 2.16. The van der Waals surface area contributed by atoms with E-state index in [9.17, 15) is 15.2 Å². The lowest BCUT2D eigenvalue weighted by Gasteiger charge is -2.11. The Kier molecular flexibility index (Phi) is 5.53. The van der Waals surface area contributed by atoms with Crippen LogP contribution >= 0.6 is 0 Å². The zero-order chi connectivity index (χ0) is 21.8. The number of para-hydroxylation sites is 1. The highest BCUT2D eigenvalue weighted by Crippen LogP contribution is 2.40. The third-order valence-corrected chi connectivity index (χ3v) is 4.83. The van der Waals surface area contributed by atoms with Gasteiger partial charge in [0.25, 0.3) is 5.69 Å². The zero-order valence-corrected chi connectivity index (χ0v) is 16.6. The molecule has 8 heteroatoms. The third kappa shape index (κ3) is 4.18. The van der Waals surface area contributed by atoms with Crippen molar-refractivity contribution in [1.29, 1.82) is 0 Å². The lowest BCUT2D eigenvalue weighted by atomic mass is 10.0. The standard InChI is InChI=1S/C23H19N3O5/c1-30-22-5-3-2-4-18(22)20-13-24-25-23(20)19-11-10-17(12-21(19)27)31-14-15-6-8-16(9-7-15)26(28)29/h2-13,27H,14H2,1H3,(H,24,25). The zero-order valence-electron chi connectivity index (χ0n) is 16.6. The summed E-state index contributed by atoms with van der Waals surface area (Å²) >= 11 is 0. The Labute approximate surface area is 177 Å². The Balaban J connectivity index is 1.55. The van der Waals surface area contributed by atoms with Crippen LogP contribution in [0, 0.1) is 10.1 Å². The molecule has 0 fully saturated rings. The normalized spacial score (nSPS) is 10.6. The molecule has 0 aliphatic carbocycles. The fourth-order valence-electron chi connectivity index (χ4n) is 3.26. The quantitative estimate of drug-likeness (QED) is 0.325. The summed E-state index contributed by atoms with van der Waals surface area (Å²) in [5.41, 5.74) is 3.68. The molecular formula is C23H19N3O5. The van der Waals surface area contributed by atoms with Crippen LogP contribution in [-0.2, 0) is 6.61 Å². The van der Waals surface area contributed by atoms with E-state index in [-0.39, 0.29) is 18.0 Å². The van der Waals surface area contributed by atoms with Gasteiger partial charge in [-0.15, -0.1) is 0 Å². The van der Waals surface area contributed by atoms with Gasteiger partial charge in [-0.2, -0.15) is 5.10 Å². The van der Waals surface area contributed by atoms with Crippen LogP contribution in [0.3, 0.4) is 0 Å². The number of phenols is 1. The minimum Gasteiger partial charge on any atom is -0.507 e. The van der Waals surface area contributed by atoms with Crippen molar-refractivity contribution < 1.29 is 19.5 Å². The summed E-state index contributed by atoms with van der Waals surface area (Å²) in [5, 5.41) is 28.4. The van der Waals surface area contributed by atoms with E-state index in [1.165, 1.54) is 18.2 Å². The Bertz CT molecular complexity index is 1220. The number of rotatable bonds is 7.